The van der Waals surface area contributed by atoms with Gasteiger partial charge in [-0.3, -0.25) is 0 Å². The van der Waals surface area contributed by atoms with Crippen LogP contribution < -0.4 is 0 Å². The predicted molar refractivity (Wildman–Crippen MR) is 156 cm³/mol. The second kappa shape index (κ2) is 8.13. The van der Waals surface area contributed by atoms with Crippen LogP contribution in [0.1, 0.15) is 113 Å². The average molecular weight is 524 g/mol. The number of carbonyl (C=O) groups excluding carboxylic acids is 1. The highest BCUT2D eigenvalue weighted by molar-refractivity contribution is 5.94. The van der Waals surface area contributed by atoms with Gasteiger partial charge in [-0.15, -0.1) is 0 Å². The van der Waals surface area contributed by atoms with E-state index in [2.05, 4.69) is 74.0 Å². The number of epoxide rings is 1. The van der Waals surface area contributed by atoms with Crippen LogP contribution >= 0.6 is 0 Å². The van der Waals surface area contributed by atoms with Gasteiger partial charge in [-0.2, -0.15) is 0 Å². The summed E-state index contributed by atoms with van der Waals surface area (Å²) in [7, 11) is 4.17. The number of ether oxygens (including phenoxy) is 1. The zero-order valence-corrected chi connectivity index (χ0v) is 26.2. The van der Waals surface area contributed by atoms with Crippen LogP contribution in [0.15, 0.2) is 12.2 Å². The van der Waals surface area contributed by atoms with Crippen LogP contribution in [0.3, 0.4) is 0 Å². The number of cyclic esters (lactones) is 1. The van der Waals surface area contributed by atoms with Crippen LogP contribution in [0.25, 0.3) is 0 Å². The average Bonchev–Trinajstić information content (AvgIpc) is 3.27. The molecule has 3 unspecified atom stereocenters. The molecule has 0 bridgehead atoms. The van der Waals surface area contributed by atoms with Crippen molar-refractivity contribution in [2.24, 2.45) is 62.6 Å². The molecule has 0 aromatic heterocycles. The molecule has 0 N–H and O–H groups in total. The number of hydrogen-bond acceptors (Lipinski definition) is 3. The van der Waals surface area contributed by atoms with Gasteiger partial charge in [0.25, 0.3) is 0 Å². The normalized spacial score (nSPS) is 54.8. The molecule has 6 rings (SSSR count). The quantitative estimate of drug-likeness (QED) is 0.275. The van der Waals surface area contributed by atoms with Crippen LogP contribution in [0.4, 0.5) is 0 Å². The minimum atomic E-state index is -0.563. The molecule has 1 heterocycles. The van der Waals surface area contributed by atoms with Crippen molar-refractivity contribution < 1.29 is 9.53 Å². The number of nitrogens with zero attached hydrogens (tertiary/aromatic N) is 1. The Kier molecular flexibility index (Phi) is 5.85. The molecule has 38 heavy (non-hydrogen) atoms. The molecule has 0 aromatic carbocycles. The molecule has 1 saturated heterocycles. The van der Waals surface area contributed by atoms with Gasteiger partial charge in [-0.25, -0.2) is 4.79 Å². The van der Waals surface area contributed by atoms with Crippen LogP contribution in [-0.2, 0) is 9.53 Å². The molecule has 214 valence electrons. The third-order valence-electron chi connectivity index (χ3n) is 15.2. The van der Waals surface area contributed by atoms with E-state index in [9.17, 15) is 4.79 Å². The zero-order valence-electron chi connectivity index (χ0n) is 26.2. The predicted octanol–water partition coefficient (Wildman–Crippen LogP) is 8.14. The molecule has 11 atom stereocenters. The fourth-order valence-corrected chi connectivity index (χ4v) is 13.4. The molecule has 6 aliphatic rings. The van der Waals surface area contributed by atoms with Crippen LogP contribution in [0.2, 0.25) is 0 Å². The van der Waals surface area contributed by atoms with Gasteiger partial charge >= 0.3 is 5.97 Å². The topological polar surface area (TPSA) is 32.8 Å². The summed E-state index contributed by atoms with van der Waals surface area (Å²) < 4.78 is 5.91. The minimum absolute atomic E-state index is 0.0513. The highest BCUT2D eigenvalue weighted by Crippen LogP contribution is 2.78. The summed E-state index contributed by atoms with van der Waals surface area (Å²) >= 11 is 0. The molecule has 0 spiro atoms. The second-order valence-corrected chi connectivity index (χ2v) is 17.3. The smallest absolute Gasteiger partial charge is 0.353 e. The van der Waals surface area contributed by atoms with Gasteiger partial charge in [0.15, 0.2) is 0 Å². The summed E-state index contributed by atoms with van der Waals surface area (Å²) in [6.07, 6.45) is 13.5. The molecule has 0 radical (unpaired) electrons. The SMILES string of the molecule is C=C(C)[C@@H]1CC[C@]2(C)CC[C@]3(C)[C@H](CCC4[C@@]5(C)CCC(C6(CN(C)C)OC6=O)C(C)(C)[C@@H]5CC[C@]43C)[C@@H]12. The van der Waals surface area contributed by atoms with Gasteiger partial charge in [0.1, 0.15) is 0 Å². The second-order valence-electron chi connectivity index (χ2n) is 17.3. The van der Waals surface area contributed by atoms with Gasteiger partial charge in [-0.05, 0) is 142 Å². The number of carbonyl (C=O) groups is 1. The van der Waals surface area contributed by atoms with E-state index in [1.54, 1.807) is 0 Å². The summed E-state index contributed by atoms with van der Waals surface area (Å²) in [5.74, 6) is 4.22. The Hall–Kier alpha value is -0.830. The maximum absolute atomic E-state index is 12.8. The van der Waals surface area contributed by atoms with Crippen molar-refractivity contribution in [2.45, 2.75) is 118 Å². The lowest BCUT2D eigenvalue weighted by atomic mass is 9.31. The largest absolute Gasteiger partial charge is 0.442 e. The van der Waals surface area contributed by atoms with Crippen LogP contribution in [-0.4, -0.2) is 37.1 Å². The lowest BCUT2D eigenvalue weighted by Gasteiger charge is -2.73. The maximum Gasteiger partial charge on any atom is 0.353 e. The summed E-state index contributed by atoms with van der Waals surface area (Å²) in [6.45, 7) is 23.4. The molecular formula is C35H57NO2. The summed E-state index contributed by atoms with van der Waals surface area (Å²) in [5.41, 5.74) is 2.70. The number of allylic oxidation sites excluding steroid dienone is 1. The Morgan fingerprint density at radius 2 is 1.50 bits per heavy atom. The Balaban J connectivity index is 1.33. The minimum Gasteiger partial charge on any atom is -0.442 e. The fourth-order valence-electron chi connectivity index (χ4n) is 13.4. The molecule has 6 fully saturated rings. The Labute approximate surface area is 233 Å². The molecule has 5 saturated carbocycles. The van der Waals surface area contributed by atoms with Crippen molar-refractivity contribution in [3.8, 4) is 0 Å². The zero-order chi connectivity index (χ0) is 27.7. The third-order valence-corrected chi connectivity index (χ3v) is 15.2. The number of fused-ring (bicyclic) bond motifs is 7. The van der Waals surface area contributed by atoms with Crippen molar-refractivity contribution >= 4 is 5.97 Å². The number of hydrogen-bond donors (Lipinski definition) is 0. The molecule has 0 amide bonds. The Morgan fingerprint density at radius 3 is 2.11 bits per heavy atom. The van der Waals surface area contributed by atoms with Crippen molar-refractivity contribution in [2.75, 3.05) is 20.6 Å². The highest BCUT2D eigenvalue weighted by atomic mass is 16.7. The van der Waals surface area contributed by atoms with E-state index in [4.69, 9.17) is 4.74 Å². The first-order valence-electron chi connectivity index (χ1n) is 16.1. The van der Waals surface area contributed by atoms with Crippen molar-refractivity contribution in [3.63, 3.8) is 0 Å². The number of likely N-dealkylation sites (N-methyl/N-ethyl adjacent to an activating group) is 1. The fraction of sp³-hybridized carbons (Fsp3) is 0.914. The van der Waals surface area contributed by atoms with Gasteiger partial charge in [-0.1, -0.05) is 53.7 Å². The van der Waals surface area contributed by atoms with Gasteiger partial charge in [0.2, 0.25) is 5.60 Å². The molecule has 1 aliphatic heterocycles. The van der Waals surface area contributed by atoms with Crippen molar-refractivity contribution in [3.05, 3.63) is 12.2 Å². The van der Waals surface area contributed by atoms with E-state index in [1.807, 2.05) is 0 Å². The standard InChI is InChI=1S/C35H57NO2/c1-22(2)23-13-16-31(5)19-20-33(7)24(28(23)31)11-12-27-32(6)17-14-26(35(21-36(9)10)29(37)38-35)30(3,4)25(32)15-18-34(27,33)8/h23-28H,1,11-21H2,2-10H3/t23-,24+,25-,26?,27?,28+,31+,32-,33+,34+,35?/m0/s1. The third kappa shape index (κ3) is 3.26. The summed E-state index contributed by atoms with van der Waals surface area (Å²) in [5, 5.41) is 0. The lowest BCUT2D eigenvalue weighted by molar-refractivity contribution is -0.244. The Morgan fingerprint density at radius 1 is 0.842 bits per heavy atom. The number of rotatable bonds is 4. The first-order chi connectivity index (χ1) is 17.6. The lowest BCUT2D eigenvalue weighted by Crippen LogP contribution is -2.66. The van der Waals surface area contributed by atoms with E-state index in [0.29, 0.717) is 33.5 Å². The monoisotopic (exact) mass is 523 g/mol. The van der Waals surface area contributed by atoms with Crippen LogP contribution in [0.5, 0.6) is 0 Å². The van der Waals surface area contributed by atoms with E-state index in [1.165, 1.54) is 63.4 Å². The maximum atomic E-state index is 12.8. The molecule has 5 aliphatic carbocycles. The summed E-state index contributed by atoms with van der Waals surface area (Å²) in [6, 6.07) is 0. The van der Waals surface area contributed by atoms with E-state index >= 15 is 0 Å². The molecule has 3 nitrogen and oxygen atoms in total. The van der Waals surface area contributed by atoms with Crippen molar-refractivity contribution in [1.82, 2.24) is 4.90 Å². The van der Waals surface area contributed by atoms with Gasteiger partial charge in [0, 0.05) is 12.5 Å². The Bertz CT molecular complexity index is 1030. The van der Waals surface area contributed by atoms with E-state index < -0.39 is 5.60 Å². The van der Waals surface area contributed by atoms with E-state index in [-0.39, 0.29) is 11.4 Å². The van der Waals surface area contributed by atoms with Gasteiger partial charge < -0.3 is 9.64 Å². The van der Waals surface area contributed by atoms with Gasteiger partial charge in [0.05, 0.1) is 0 Å². The van der Waals surface area contributed by atoms with Crippen molar-refractivity contribution in [1.29, 1.82) is 0 Å². The first-order valence-corrected chi connectivity index (χ1v) is 16.1. The first kappa shape index (κ1) is 27.3. The van der Waals surface area contributed by atoms with E-state index in [0.717, 1.165) is 36.6 Å². The summed E-state index contributed by atoms with van der Waals surface area (Å²) in [4.78, 5) is 14.9. The molecule has 0 aromatic rings. The molecule has 3 heteroatoms. The molecular weight excluding hydrogens is 466 g/mol. The highest BCUT2D eigenvalue weighted by Gasteiger charge is 2.74. The van der Waals surface area contributed by atoms with Crippen LogP contribution in [0, 0.1) is 62.6 Å².